The average Bonchev–Trinajstić information content (AvgIpc) is 2.13. The Bertz CT molecular complexity index is 369. The molecular formula is C11H11ClO2. The maximum atomic E-state index is 10.9. The van der Waals surface area contributed by atoms with E-state index in [0.717, 1.165) is 0 Å². The molecule has 74 valence electrons. The van der Waals surface area contributed by atoms with Crippen molar-refractivity contribution in [3.05, 3.63) is 40.9 Å². The van der Waals surface area contributed by atoms with Crippen molar-refractivity contribution in [3.8, 4) is 0 Å². The minimum atomic E-state index is -0.922. The van der Waals surface area contributed by atoms with Crippen LogP contribution in [0.5, 0.6) is 0 Å². The minimum absolute atomic E-state index is 0.301. The summed E-state index contributed by atoms with van der Waals surface area (Å²) in [4.78, 5) is 10.9. The molecule has 0 amide bonds. The predicted molar refractivity (Wildman–Crippen MR) is 57.4 cm³/mol. The monoisotopic (exact) mass is 210 g/mol. The van der Waals surface area contributed by atoms with Crippen LogP contribution >= 0.6 is 11.6 Å². The van der Waals surface area contributed by atoms with Gasteiger partial charge in [0.15, 0.2) is 0 Å². The number of benzene rings is 1. The van der Waals surface area contributed by atoms with Gasteiger partial charge in [0.1, 0.15) is 0 Å². The molecule has 0 bridgehead atoms. The van der Waals surface area contributed by atoms with Crippen molar-refractivity contribution in [1.29, 1.82) is 0 Å². The summed E-state index contributed by atoms with van der Waals surface area (Å²) in [6, 6.07) is 6.85. The third-order valence-electron chi connectivity index (χ3n) is 1.77. The van der Waals surface area contributed by atoms with Crippen LogP contribution in [0.4, 0.5) is 0 Å². The number of halogens is 1. The molecule has 0 radical (unpaired) electrons. The van der Waals surface area contributed by atoms with Crippen molar-refractivity contribution >= 4 is 23.1 Å². The van der Waals surface area contributed by atoms with Crippen LogP contribution in [0.3, 0.4) is 0 Å². The molecule has 0 aromatic heterocycles. The van der Waals surface area contributed by atoms with E-state index in [4.69, 9.17) is 16.7 Å². The van der Waals surface area contributed by atoms with E-state index in [-0.39, 0.29) is 0 Å². The number of carbonyl (C=O) groups is 1. The average molecular weight is 211 g/mol. The summed E-state index contributed by atoms with van der Waals surface area (Å²) in [5.41, 5.74) is 0.946. The number of aliphatic carboxylic acids is 1. The molecule has 0 unspecified atom stereocenters. The van der Waals surface area contributed by atoms with Gasteiger partial charge in [-0.05, 0) is 24.1 Å². The molecule has 14 heavy (non-hydrogen) atoms. The quantitative estimate of drug-likeness (QED) is 0.778. The summed E-state index contributed by atoms with van der Waals surface area (Å²) in [5, 5.41) is 9.48. The van der Waals surface area contributed by atoms with Crippen LogP contribution in [0.2, 0.25) is 5.02 Å². The molecule has 0 aliphatic rings. The Morgan fingerprint density at radius 2 is 2.29 bits per heavy atom. The number of carboxylic acids is 1. The summed E-state index contributed by atoms with van der Waals surface area (Å²) in [6.07, 6.45) is 2.36. The smallest absolute Gasteiger partial charge is 0.335 e. The summed E-state index contributed by atoms with van der Waals surface area (Å²) in [5.74, 6) is -0.922. The van der Waals surface area contributed by atoms with E-state index in [2.05, 4.69) is 0 Å². The fraction of sp³-hybridized carbons (Fsp3) is 0.182. The van der Waals surface area contributed by atoms with Crippen LogP contribution < -0.4 is 0 Å². The van der Waals surface area contributed by atoms with Gasteiger partial charge in [-0.25, -0.2) is 4.79 Å². The molecule has 0 aliphatic heterocycles. The highest BCUT2D eigenvalue weighted by Crippen LogP contribution is 2.19. The zero-order valence-corrected chi connectivity index (χ0v) is 8.58. The molecule has 1 aromatic carbocycles. The Morgan fingerprint density at radius 3 is 2.79 bits per heavy atom. The fourth-order valence-electron chi connectivity index (χ4n) is 1.19. The molecule has 0 fully saturated rings. The molecule has 1 N–H and O–H groups in total. The van der Waals surface area contributed by atoms with Crippen molar-refractivity contribution in [2.75, 3.05) is 0 Å². The summed E-state index contributed by atoms with van der Waals surface area (Å²) < 4.78 is 0. The summed E-state index contributed by atoms with van der Waals surface area (Å²) in [6.45, 7) is 1.90. The second-order valence-electron chi connectivity index (χ2n) is 2.84. The highest BCUT2D eigenvalue weighted by molar-refractivity contribution is 6.31. The number of allylic oxidation sites excluding steroid dienone is 1. The zero-order chi connectivity index (χ0) is 10.6. The van der Waals surface area contributed by atoms with E-state index in [1.165, 1.54) is 0 Å². The highest BCUT2D eigenvalue weighted by atomic mass is 35.5. The van der Waals surface area contributed by atoms with E-state index in [0.29, 0.717) is 22.6 Å². The van der Waals surface area contributed by atoms with Gasteiger partial charge in [0.05, 0.1) is 5.57 Å². The van der Waals surface area contributed by atoms with Crippen molar-refractivity contribution < 1.29 is 9.90 Å². The molecule has 1 rings (SSSR count). The van der Waals surface area contributed by atoms with Crippen LogP contribution in [0.25, 0.3) is 5.57 Å². The Morgan fingerprint density at radius 1 is 1.57 bits per heavy atom. The molecule has 0 saturated carbocycles. The van der Waals surface area contributed by atoms with Gasteiger partial charge in [0.25, 0.3) is 0 Å². The molecule has 3 heteroatoms. The zero-order valence-electron chi connectivity index (χ0n) is 7.83. The van der Waals surface area contributed by atoms with E-state index in [1.54, 1.807) is 30.3 Å². The Hall–Kier alpha value is -1.28. The largest absolute Gasteiger partial charge is 0.478 e. The van der Waals surface area contributed by atoms with Crippen molar-refractivity contribution in [2.24, 2.45) is 0 Å². The van der Waals surface area contributed by atoms with Gasteiger partial charge in [-0.1, -0.05) is 36.7 Å². The van der Waals surface area contributed by atoms with Gasteiger partial charge in [0.2, 0.25) is 0 Å². The van der Waals surface area contributed by atoms with Gasteiger partial charge in [0, 0.05) is 5.02 Å². The van der Waals surface area contributed by atoms with Crippen LogP contribution in [-0.4, -0.2) is 11.1 Å². The Labute approximate surface area is 87.8 Å². The highest BCUT2D eigenvalue weighted by Gasteiger charge is 2.09. The summed E-state index contributed by atoms with van der Waals surface area (Å²) in [7, 11) is 0. The first-order valence-corrected chi connectivity index (χ1v) is 4.72. The third-order valence-corrected chi connectivity index (χ3v) is 2.01. The maximum absolute atomic E-state index is 10.9. The second-order valence-corrected chi connectivity index (χ2v) is 3.28. The standard InChI is InChI=1S/C11H11ClO2/c1-2-4-10(11(13)14)8-5-3-6-9(12)7-8/h3-7H,2H2,1H3,(H,13,14). The molecule has 0 atom stereocenters. The van der Waals surface area contributed by atoms with E-state index in [1.807, 2.05) is 6.92 Å². The lowest BCUT2D eigenvalue weighted by atomic mass is 10.1. The van der Waals surface area contributed by atoms with Crippen molar-refractivity contribution in [2.45, 2.75) is 13.3 Å². The van der Waals surface area contributed by atoms with Gasteiger partial charge >= 0.3 is 5.97 Å². The van der Waals surface area contributed by atoms with Gasteiger partial charge in [-0.15, -0.1) is 0 Å². The predicted octanol–water partition coefficient (Wildman–Crippen LogP) is 3.22. The normalized spacial score (nSPS) is 11.4. The minimum Gasteiger partial charge on any atom is -0.478 e. The Balaban J connectivity index is 3.12. The number of rotatable bonds is 3. The molecular weight excluding hydrogens is 200 g/mol. The van der Waals surface area contributed by atoms with Gasteiger partial charge in [-0.3, -0.25) is 0 Å². The van der Waals surface area contributed by atoms with Crippen molar-refractivity contribution in [3.63, 3.8) is 0 Å². The summed E-state index contributed by atoms with van der Waals surface area (Å²) >= 11 is 5.77. The molecule has 0 aliphatic carbocycles. The number of carboxylic acid groups (broad SMARTS) is 1. The lowest BCUT2D eigenvalue weighted by Crippen LogP contribution is -1.99. The van der Waals surface area contributed by atoms with Gasteiger partial charge < -0.3 is 5.11 Å². The molecule has 0 saturated heterocycles. The van der Waals surface area contributed by atoms with Crippen LogP contribution in [0, 0.1) is 0 Å². The molecule has 1 aromatic rings. The van der Waals surface area contributed by atoms with Gasteiger partial charge in [-0.2, -0.15) is 0 Å². The van der Waals surface area contributed by atoms with E-state index >= 15 is 0 Å². The first kappa shape index (κ1) is 10.8. The molecule has 0 heterocycles. The second kappa shape index (κ2) is 4.82. The lowest BCUT2D eigenvalue weighted by Gasteiger charge is -2.02. The number of hydrogen-bond donors (Lipinski definition) is 1. The van der Waals surface area contributed by atoms with Crippen molar-refractivity contribution in [1.82, 2.24) is 0 Å². The first-order chi connectivity index (χ1) is 6.65. The maximum Gasteiger partial charge on any atom is 0.335 e. The van der Waals surface area contributed by atoms with E-state index in [9.17, 15) is 4.79 Å². The lowest BCUT2D eigenvalue weighted by molar-refractivity contribution is -0.130. The van der Waals surface area contributed by atoms with Crippen LogP contribution in [0.1, 0.15) is 18.9 Å². The fourth-order valence-corrected chi connectivity index (χ4v) is 1.38. The van der Waals surface area contributed by atoms with E-state index < -0.39 is 5.97 Å². The Kier molecular flexibility index (Phi) is 3.72. The van der Waals surface area contributed by atoms with Crippen LogP contribution in [0.15, 0.2) is 30.3 Å². The first-order valence-electron chi connectivity index (χ1n) is 4.34. The molecule has 2 nitrogen and oxygen atoms in total. The van der Waals surface area contributed by atoms with Crippen LogP contribution in [-0.2, 0) is 4.79 Å². The topological polar surface area (TPSA) is 37.3 Å². The SMILES string of the molecule is CCC=C(C(=O)O)c1cccc(Cl)c1. The third kappa shape index (κ3) is 2.60. The molecule has 0 spiro atoms. The number of hydrogen-bond acceptors (Lipinski definition) is 1.